The van der Waals surface area contributed by atoms with Crippen molar-refractivity contribution in [3.05, 3.63) is 0 Å². The molecule has 12 nitrogen and oxygen atoms in total. The summed E-state index contributed by atoms with van der Waals surface area (Å²) in [6.45, 7) is 71.4. The first kappa shape index (κ1) is 133. The largest absolute Gasteiger partial charge is 6.00 e. The molecule has 0 bridgehead atoms. The van der Waals surface area contributed by atoms with Crippen LogP contribution < -0.4 is 0 Å². The SMILES string of the molecule is CCN(CC)C(=S)[S-].CCN(CC)C(=S)[S-].CCN(CC)C(=S)[S-].CCN(CC)C(=S)[S-].CCN(CC)C(=S)[S-].CCN(CC)C(=S)[S-].CCN(CC)C(=S)[S-].CCN(CC)C(=S)[S-].CCN(CC)C(=S)[S-].CCN(CC)C(=S)[S-].CCN(CC)C(=S)[S-].CCN(CC)C(=S)[S-].[Mo+6].[Mo+6]. The van der Waals surface area contributed by atoms with Gasteiger partial charge in [-0.1, -0.05) is 51.8 Å². The topological polar surface area (TPSA) is 38.9 Å². The Labute approximate surface area is 763 Å². The van der Waals surface area contributed by atoms with Gasteiger partial charge >= 0.3 is 42.1 Å². The zero-order valence-corrected chi connectivity index (χ0v) is 86.6. The molecule has 0 aromatic rings. The monoisotopic (exact) mass is 1970 g/mol. The maximum atomic E-state index is 4.76. The summed E-state index contributed by atoms with van der Waals surface area (Å²) in [4.78, 5) is 23.6. The molecule has 38 heteroatoms. The van der Waals surface area contributed by atoms with E-state index in [2.05, 4.69) is 0 Å². The van der Waals surface area contributed by atoms with Gasteiger partial charge < -0.3 is 357 Å². The van der Waals surface area contributed by atoms with Crippen LogP contribution in [0.2, 0.25) is 0 Å². The standard InChI is InChI=1S/12C5H11NS2.2Mo/c12*1-3-6(4-2)5(7)8;;/h12*3-4H2,1-2H3,(H,7,8);;/q;;;;;;;;;;;;2*+6/p-12. The van der Waals surface area contributed by atoms with Crippen molar-refractivity contribution in [2.24, 2.45) is 0 Å². The summed E-state index contributed by atoms with van der Waals surface area (Å²) in [7, 11) is 0. The Morgan fingerprint density at radius 3 is 0.163 bits per heavy atom. The minimum atomic E-state index is 0. The van der Waals surface area contributed by atoms with Gasteiger partial charge in [0.15, 0.2) is 0 Å². The molecule has 0 radical (unpaired) electrons. The molecule has 0 amide bonds. The van der Waals surface area contributed by atoms with E-state index in [0.29, 0.717) is 51.8 Å². The van der Waals surface area contributed by atoms with Crippen LogP contribution in [0.3, 0.4) is 0 Å². The summed E-state index contributed by atoms with van der Waals surface area (Å²) < 4.78 is 6.94. The molecule has 0 fully saturated rings. The van der Waals surface area contributed by atoms with E-state index in [0.717, 1.165) is 157 Å². The smallest absolute Gasteiger partial charge is 0.411 e. The zero-order valence-electron chi connectivity index (χ0n) is 63.0. The molecule has 576 valence electrons. The van der Waals surface area contributed by atoms with Crippen molar-refractivity contribution in [2.75, 3.05) is 157 Å². The zero-order chi connectivity index (χ0) is 78.8. The van der Waals surface area contributed by atoms with Gasteiger partial charge in [0.05, 0.1) is 0 Å². The molecule has 0 saturated heterocycles. The fourth-order valence-electron chi connectivity index (χ4n) is 5.78. The van der Waals surface area contributed by atoms with Crippen LogP contribution >= 0.6 is 147 Å². The van der Waals surface area contributed by atoms with E-state index < -0.39 is 0 Å². The fourth-order valence-corrected chi connectivity index (χ4v) is 12.0. The number of rotatable bonds is 24. The van der Waals surface area contributed by atoms with E-state index >= 15 is 0 Å². The van der Waals surface area contributed by atoms with Crippen molar-refractivity contribution in [1.82, 2.24) is 58.8 Å². The summed E-state index contributed by atoms with van der Waals surface area (Å²) in [5, 5.41) is 0. The van der Waals surface area contributed by atoms with E-state index in [1.807, 2.05) is 225 Å². The van der Waals surface area contributed by atoms with Gasteiger partial charge in [-0.2, -0.15) is 0 Å². The van der Waals surface area contributed by atoms with Crippen LogP contribution in [0, 0.1) is 0 Å². The second-order valence-corrected chi connectivity index (χ2v) is 29.6. The first-order valence-electron chi connectivity index (χ1n) is 32.1. The molecule has 0 unspecified atom stereocenters. The third kappa shape index (κ3) is 96.7. The van der Waals surface area contributed by atoms with E-state index in [-0.39, 0.29) is 42.1 Å². The van der Waals surface area contributed by atoms with Crippen LogP contribution in [-0.2, 0) is 194 Å². The Kier molecular flexibility index (Phi) is 135. The minimum Gasteiger partial charge on any atom is -0.411 e. The average molecular weight is 1970 g/mol. The molecule has 0 aliphatic carbocycles. The number of thiocarbonyl (C=S) groups is 12. The third-order valence-corrected chi connectivity index (χ3v) is 18.5. The quantitative estimate of drug-likeness (QED) is 0.0523. The molecule has 0 aliphatic rings. The van der Waals surface area contributed by atoms with Crippen molar-refractivity contribution >= 4 is 350 Å². The molecular formula is C60H120Mo2N12S24. The van der Waals surface area contributed by atoms with Gasteiger partial charge in [0, 0.05) is 157 Å². The van der Waals surface area contributed by atoms with E-state index in [1.165, 1.54) is 0 Å². The van der Waals surface area contributed by atoms with Gasteiger partial charge in [-0.3, -0.25) is 0 Å². The predicted molar refractivity (Wildman–Crippen MR) is 515 cm³/mol. The molecule has 0 saturated carbocycles. The van der Waals surface area contributed by atoms with Crippen LogP contribution in [0.15, 0.2) is 0 Å². The summed E-state index contributed by atoms with van der Waals surface area (Å²) in [6, 6.07) is 0. The molecular weight excluding hydrogens is 1850 g/mol. The van der Waals surface area contributed by atoms with Gasteiger partial charge in [0.2, 0.25) is 0 Å². The van der Waals surface area contributed by atoms with Crippen LogP contribution in [0.25, 0.3) is 0 Å². The molecule has 0 N–H and O–H groups in total. The molecule has 0 atom stereocenters. The number of hydrogen-bond acceptors (Lipinski definition) is 24. The van der Waals surface area contributed by atoms with Crippen LogP contribution in [0.4, 0.5) is 0 Å². The number of hydrogen-bond donors (Lipinski definition) is 0. The summed E-state index contributed by atoms with van der Waals surface area (Å²) in [5.74, 6) is 0. The van der Waals surface area contributed by atoms with Gasteiger partial charge in [-0.15, -0.1) is 0 Å². The van der Waals surface area contributed by atoms with Crippen molar-refractivity contribution in [1.29, 1.82) is 0 Å². The second-order valence-electron chi connectivity index (χ2n) is 17.3. The third-order valence-electron chi connectivity index (χ3n) is 12.3. The Bertz CT molecular complexity index is 1430. The number of nitrogens with zero attached hydrogens (tertiary/aromatic N) is 12. The van der Waals surface area contributed by atoms with E-state index in [9.17, 15) is 0 Å². The summed E-state index contributed by atoms with van der Waals surface area (Å²) in [5.41, 5.74) is 0. The van der Waals surface area contributed by atoms with Gasteiger partial charge in [0.25, 0.3) is 0 Å². The summed E-state index contributed by atoms with van der Waals surface area (Å²) >= 11 is 114. The van der Waals surface area contributed by atoms with Crippen molar-refractivity contribution in [3.8, 4) is 0 Å². The maximum absolute atomic E-state index is 4.76. The van der Waals surface area contributed by atoms with Crippen LogP contribution in [0.5, 0.6) is 0 Å². The Balaban J connectivity index is -0.0000000653. The van der Waals surface area contributed by atoms with Crippen molar-refractivity contribution in [3.63, 3.8) is 0 Å². The van der Waals surface area contributed by atoms with E-state index in [4.69, 9.17) is 298 Å². The van der Waals surface area contributed by atoms with Crippen LogP contribution in [0.1, 0.15) is 166 Å². The van der Waals surface area contributed by atoms with Crippen molar-refractivity contribution in [2.45, 2.75) is 166 Å². The normalized spacial score (nSPS) is 8.57. The Morgan fingerprint density at radius 2 is 0.163 bits per heavy atom. The summed E-state index contributed by atoms with van der Waals surface area (Å²) in [6.07, 6.45) is 0. The van der Waals surface area contributed by atoms with Crippen molar-refractivity contribution < 1.29 is 42.1 Å². The Morgan fingerprint density at radius 1 is 0.133 bits per heavy atom. The first-order chi connectivity index (χ1) is 44.6. The molecule has 0 aliphatic heterocycles. The van der Waals surface area contributed by atoms with Gasteiger partial charge in [0.1, 0.15) is 0 Å². The molecule has 0 rings (SSSR count). The maximum Gasteiger partial charge on any atom is 6.00 e. The van der Waals surface area contributed by atoms with Gasteiger partial charge in [-0.25, -0.2) is 0 Å². The molecule has 0 aromatic heterocycles. The van der Waals surface area contributed by atoms with Crippen LogP contribution in [-0.4, -0.2) is 268 Å². The fraction of sp³-hybridized carbons (Fsp3) is 0.800. The average Bonchev–Trinajstić information content (AvgIpc) is 3.58. The molecule has 98 heavy (non-hydrogen) atoms. The molecule has 0 aromatic carbocycles. The van der Waals surface area contributed by atoms with E-state index in [1.54, 1.807) is 0 Å². The molecule has 0 heterocycles. The second kappa shape index (κ2) is 99.7. The predicted octanol–water partition coefficient (Wildman–Crippen LogP) is 13.9. The molecule has 0 spiro atoms. The first-order valence-corrected chi connectivity index (χ1v) is 41.9. The Hall–Kier alpha value is 2.70. The van der Waals surface area contributed by atoms with Gasteiger partial charge in [-0.05, 0) is 166 Å². The minimum absolute atomic E-state index is 0.